The van der Waals surface area contributed by atoms with Gasteiger partial charge in [-0.1, -0.05) is 23.7 Å². The van der Waals surface area contributed by atoms with Crippen molar-refractivity contribution in [1.82, 2.24) is 0 Å². The largest absolute Gasteiger partial charge is 0.280 e. The highest BCUT2D eigenvalue weighted by atomic mass is 35.5. The van der Waals surface area contributed by atoms with Crippen LogP contribution in [0.2, 0.25) is 5.02 Å². The monoisotopic (exact) mass is 458 g/mol. The van der Waals surface area contributed by atoms with Gasteiger partial charge in [0.05, 0.1) is 21.3 Å². The maximum absolute atomic E-state index is 13.3. The second-order valence-electron chi connectivity index (χ2n) is 5.82. The summed E-state index contributed by atoms with van der Waals surface area (Å²) >= 11 is 5.95. The van der Waals surface area contributed by atoms with Crippen molar-refractivity contribution < 1.29 is 25.6 Å². The highest BCUT2D eigenvalue weighted by Gasteiger charge is 2.23. The van der Waals surface area contributed by atoms with Gasteiger partial charge in [-0.25, -0.2) is 25.6 Å². The third-order valence-electron chi connectivity index (χ3n) is 3.66. The summed E-state index contributed by atoms with van der Waals surface area (Å²) < 4.78 is 81.3. The molecule has 3 aromatic rings. The van der Waals surface area contributed by atoms with Crippen LogP contribution in [0.15, 0.2) is 76.5 Å². The van der Waals surface area contributed by atoms with Crippen LogP contribution in [0.3, 0.4) is 0 Å². The van der Waals surface area contributed by atoms with E-state index in [2.05, 4.69) is 9.44 Å². The fraction of sp³-hybridized carbons (Fsp3) is 0. The van der Waals surface area contributed by atoms with Gasteiger partial charge in [0.15, 0.2) is 0 Å². The first-order valence-corrected chi connectivity index (χ1v) is 11.3. The van der Waals surface area contributed by atoms with Crippen LogP contribution < -0.4 is 9.44 Å². The number of halogens is 3. The molecule has 0 amide bonds. The number of rotatable bonds is 6. The van der Waals surface area contributed by atoms with Crippen molar-refractivity contribution in [1.29, 1.82) is 0 Å². The summed E-state index contributed by atoms with van der Waals surface area (Å²) in [7, 11) is -8.56. The van der Waals surface area contributed by atoms with Crippen LogP contribution in [-0.2, 0) is 20.0 Å². The van der Waals surface area contributed by atoms with Crippen molar-refractivity contribution in [3.63, 3.8) is 0 Å². The summed E-state index contributed by atoms with van der Waals surface area (Å²) in [6, 6.07) is 12.5. The molecule has 0 aliphatic carbocycles. The van der Waals surface area contributed by atoms with Crippen LogP contribution in [0.1, 0.15) is 0 Å². The smallest absolute Gasteiger partial charge is 0.263 e. The summed E-state index contributed by atoms with van der Waals surface area (Å²) in [4.78, 5) is -0.934. The Morgan fingerprint density at radius 1 is 0.690 bits per heavy atom. The lowest BCUT2D eigenvalue weighted by Crippen LogP contribution is -2.17. The minimum atomic E-state index is -4.32. The zero-order valence-electron chi connectivity index (χ0n) is 14.4. The summed E-state index contributed by atoms with van der Waals surface area (Å²) in [6.07, 6.45) is 0. The fourth-order valence-corrected chi connectivity index (χ4v) is 5.11. The molecule has 0 heterocycles. The van der Waals surface area contributed by atoms with E-state index in [-0.39, 0.29) is 16.4 Å². The van der Waals surface area contributed by atoms with Gasteiger partial charge in [-0.2, -0.15) is 0 Å². The summed E-state index contributed by atoms with van der Waals surface area (Å²) in [5.41, 5.74) is -0.102. The molecule has 0 bridgehead atoms. The molecule has 0 radical (unpaired) electrons. The van der Waals surface area contributed by atoms with Crippen molar-refractivity contribution in [3.8, 4) is 0 Å². The Morgan fingerprint density at radius 3 is 1.72 bits per heavy atom. The number of benzene rings is 3. The quantitative estimate of drug-likeness (QED) is 0.578. The Labute approximate surface area is 171 Å². The molecule has 0 unspecified atom stereocenters. The molecule has 0 saturated carbocycles. The molecule has 152 valence electrons. The lowest BCUT2D eigenvalue weighted by atomic mass is 10.3. The SMILES string of the molecule is O=S(=O)(Nc1cccc(F)c1)c1ccc(Cl)c(S(=O)(=O)Nc2cccc(F)c2)c1. The van der Waals surface area contributed by atoms with E-state index in [1.165, 1.54) is 24.3 Å². The first-order chi connectivity index (χ1) is 13.6. The molecule has 0 spiro atoms. The van der Waals surface area contributed by atoms with Gasteiger partial charge in [-0.05, 0) is 54.6 Å². The second-order valence-corrected chi connectivity index (χ2v) is 9.56. The molecule has 0 atom stereocenters. The van der Waals surface area contributed by atoms with E-state index in [4.69, 9.17) is 11.6 Å². The van der Waals surface area contributed by atoms with E-state index in [0.717, 1.165) is 42.5 Å². The van der Waals surface area contributed by atoms with Crippen molar-refractivity contribution in [2.75, 3.05) is 9.44 Å². The van der Waals surface area contributed by atoms with Gasteiger partial charge in [0.2, 0.25) is 0 Å². The normalized spacial score (nSPS) is 11.8. The number of nitrogens with one attached hydrogen (secondary N) is 2. The summed E-state index contributed by atoms with van der Waals surface area (Å²) in [5.74, 6) is -1.31. The average Bonchev–Trinajstić information content (AvgIpc) is 2.61. The predicted molar refractivity (Wildman–Crippen MR) is 106 cm³/mol. The van der Waals surface area contributed by atoms with Gasteiger partial charge >= 0.3 is 0 Å². The Bertz CT molecular complexity index is 1280. The van der Waals surface area contributed by atoms with Gasteiger partial charge in [-0.3, -0.25) is 9.44 Å². The molecule has 0 fully saturated rings. The first kappa shape index (κ1) is 21.0. The molecule has 3 aromatic carbocycles. The molecule has 29 heavy (non-hydrogen) atoms. The van der Waals surface area contributed by atoms with Gasteiger partial charge in [0, 0.05) is 0 Å². The Hall–Kier alpha value is -2.69. The highest BCUT2D eigenvalue weighted by Crippen LogP contribution is 2.28. The Morgan fingerprint density at radius 2 is 1.21 bits per heavy atom. The third kappa shape index (κ3) is 5.03. The predicted octanol–water partition coefficient (Wildman–Crippen LogP) is 4.22. The number of hydrogen-bond acceptors (Lipinski definition) is 4. The van der Waals surface area contributed by atoms with Crippen LogP contribution in [0.4, 0.5) is 20.2 Å². The van der Waals surface area contributed by atoms with E-state index < -0.39 is 41.5 Å². The fourth-order valence-electron chi connectivity index (χ4n) is 2.38. The van der Waals surface area contributed by atoms with E-state index in [1.54, 1.807) is 0 Å². The van der Waals surface area contributed by atoms with Crippen LogP contribution in [0, 0.1) is 11.6 Å². The molecule has 2 N–H and O–H groups in total. The molecule has 11 heteroatoms. The van der Waals surface area contributed by atoms with Crippen molar-refractivity contribution in [2.24, 2.45) is 0 Å². The highest BCUT2D eigenvalue weighted by molar-refractivity contribution is 7.93. The zero-order valence-corrected chi connectivity index (χ0v) is 16.8. The van der Waals surface area contributed by atoms with Crippen LogP contribution in [-0.4, -0.2) is 16.8 Å². The van der Waals surface area contributed by atoms with E-state index >= 15 is 0 Å². The van der Waals surface area contributed by atoms with Gasteiger partial charge in [-0.15, -0.1) is 0 Å². The Kier molecular flexibility index (Phi) is 5.78. The maximum Gasteiger partial charge on any atom is 0.263 e. The average molecular weight is 459 g/mol. The molecule has 0 saturated heterocycles. The zero-order chi connectivity index (χ0) is 21.2. The van der Waals surface area contributed by atoms with E-state index in [0.29, 0.717) is 0 Å². The van der Waals surface area contributed by atoms with Crippen molar-refractivity contribution in [2.45, 2.75) is 9.79 Å². The Balaban J connectivity index is 1.96. The van der Waals surface area contributed by atoms with Gasteiger partial charge < -0.3 is 0 Å². The molecule has 6 nitrogen and oxygen atoms in total. The molecule has 0 aliphatic heterocycles. The number of hydrogen-bond donors (Lipinski definition) is 2. The molecule has 3 rings (SSSR count). The first-order valence-electron chi connectivity index (χ1n) is 7.93. The van der Waals surface area contributed by atoms with Crippen LogP contribution in [0.25, 0.3) is 0 Å². The van der Waals surface area contributed by atoms with E-state index in [1.807, 2.05) is 0 Å². The number of anilines is 2. The molecular formula is C18H13ClF2N2O4S2. The van der Waals surface area contributed by atoms with Gasteiger partial charge in [0.1, 0.15) is 16.5 Å². The molecule has 0 aromatic heterocycles. The third-order valence-corrected chi connectivity index (χ3v) is 6.90. The maximum atomic E-state index is 13.3. The summed E-state index contributed by atoms with van der Waals surface area (Å²) in [6.45, 7) is 0. The van der Waals surface area contributed by atoms with Gasteiger partial charge in [0.25, 0.3) is 20.0 Å². The van der Waals surface area contributed by atoms with Crippen molar-refractivity contribution >= 4 is 43.0 Å². The minimum absolute atomic E-state index is 0.0396. The minimum Gasteiger partial charge on any atom is -0.280 e. The van der Waals surface area contributed by atoms with Crippen LogP contribution in [0.5, 0.6) is 0 Å². The number of sulfonamides is 2. The lowest BCUT2D eigenvalue weighted by Gasteiger charge is -2.12. The lowest BCUT2D eigenvalue weighted by molar-refractivity contribution is 0.599. The molecular weight excluding hydrogens is 446 g/mol. The van der Waals surface area contributed by atoms with Crippen LogP contribution >= 0.6 is 11.6 Å². The van der Waals surface area contributed by atoms with E-state index in [9.17, 15) is 25.6 Å². The second kappa shape index (κ2) is 7.97. The standard InChI is InChI=1S/C18H13ClF2N2O4S2/c19-17-8-7-16(28(24,25)22-14-5-1-3-12(20)9-14)11-18(17)29(26,27)23-15-6-2-4-13(21)10-15/h1-11,22-23H. The molecule has 0 aliphatic rings. The topological polar surface area (TPSA) is 92.3 Å². The van der Waals surface area contributed by atoms with Crippen molar-refractivity contribution in [3.05, 3.63) is 83.4 Å². The summed E-state index contributed by atoms with van der Waals surface area (Å²) in [5, 5.41) is -0.237.